The molecule has 0 atom stereocenters. The third kappa shape index (κ3) is 3.69. The maximum Gasteiger partial charge on any atom is 0.156 e. The van der Waals surface area contributed by atoms with Gasteiger partial charge in [-0.05, 0) is 66.9 Å². The molecule has 2 aromatic heterocycles. The summed E-state index contributed by atoms with van der Waals surface area (Å²) in [6.07, 6.45) is 0.791. The van der Waals surface area contributed by atoms with Crippen molar-refractivity contribution in [2.24, 2.45) is 0 Å². The third-order valence-electron chi connectivity index (χ3n) is 5.83. The Labute approximate surface area is 190 Å². The molecule has 0 aliphatic carbocycles. The smallest absolute Gasteiger partial charge is 0.156 e. The van der Waals surface area contributed by atoms with E-state index in [1.807, 2.05) is 53.9 Å². The van der Waals surface area contributed by atoms with E-state index in [2.05, 4.69) is 6.92 Å². The van der Waals surface area contributed by atoms with Crippen LogP contribution in [-0.2, 0) is 6.42 Å². The molecule has 5 aromatic rings. The van der Waals surface area contributed by atoms with Crippen molar-refractivity contribution >= 4 is 5.65 Å². The third-order valence-corrected chi connectivity index (χ3v) is 5.83. The first-order valence-corrected chi connectivity index (χ1v) is 10.7. The molecular formula is C27H22FN3O2. The highest BCUT2D eigenvalue weighted by Crippen LogP contribution is 2.34. The Kier molecular flexibility index (Phi) is 5.05. The molecule has 0 unspecified atom stereocenters. The summed E-state index contributed by atoms with van der Waals surface area (Å²) in [5.74, 6) is -0.384. The molecule has 0 bridgehead atoms. The molecule has 0 fully saturated rings. The van der Waals surface area contributed by atoms with Gasteiger partial charge in [-0.25, -0.2) is 13.9 Å². The molecule has 5 nitrogen and oxygen atoms in total. The van der Waals surface area contributed by atoms with Gasteiger partial charge in [-0.3, -0.25) is 0 Å². The number of rotatable bonds is 4. The van der Waals surface area contributed by atoms with Gasteiger partial charge in [-0.15, -0.1) is 0 Å². The second-order valence-electron chi connectivity index (χ2n) is 7.97. The lowest BCUT2D eigenvalue weighted by atomic mass is 10.0. The number of aryl methyl sites for hydroxylation is 1. The van der Waals surface area contributed by atoms with Crippen molar-refractivity contribution in [1.82, 2.24) is 14.6 Å². The molecule has 2 N–H and O–H groups in total. The molecule has 3 aromatic carbocycles. The van der Waals surface area contributed by atoms with E-state index in [-0.39, 0.29) is 11.5 Å². The van der Waals surface area contributed by atoms with Gasteiger partial charge in [0.1, 0.15) is 17.3 Å². The summed E-state index contributed by atoms with van der Waals surface area (Å²) in [5.41, 5.74) is 7.54. The maximum absolute atomic E-state index is 13.4. The molecule has 0 radical (unpaired) electrons. The quantitative estimate of drug-likeness (QED) is 0.352. The first-order valence-electron chi connectivity index (χ1n) is 10.7. The number of hydrogen-bond acceptors (Lipinski definition) is 4. The maximum atomic E-state index is 13.4. The van der Waals surface area contributed by atoms with Gasteiger partial charge < -0.3 is 10.2 Å². The highest BCUT2D eigenvalue weighted by atomic mass is 19.1. The van der Waals surface area contributed by atoms with Gasteiger partial charge in [-0.2, -0.15) is 5.10 Å². The molecule has 0 saturated carbocycles. The van der Waals surface area contributed by atoms with E-state index in [9.17, 15) is 14.6 Å². The van der Waals surface area contributed by atoms with Crippen LogP contribution in [0.2, 0.25) is 0 Å². The Hall–Kier alpha value is -4.19. The van der Waals surface area contributed by atoms with Crippen molar-refractivity contribution in [2.45, 2.75) is 20.3 Å². The van der Waals surface area contributed by atoms with Crippen LogP contribution in [0.3, 0.4) is 0 Å². The van der Waals surface area contributed by atoms with Crippen LogP contribution in [-0.4, -0.2) is 24.8 Å². The number of hydrogen-bond donors (Lipinski definition) is 2. The van der Waals surface area contributed by atoms with Crippen LogP contribution in [0.4, 0.5) is 4.39 Å². The van der Waals surface area contributed by atoms with E-state index in [0.29, 0.717) is 5.56 Å². The zero-order valence-corrected chi connectivity index (χ0v) is 18.2. The zero-order chi connectivity index (χ0) is 23.1. The molecule has 5 rings (SSSR count). The van der Waals surface area contributed by atoms with Gasteiger partial charge in [0.05, 0.1) is 11.4 Å². The summed E-state index contributed by atoms with van der Waals surface area (Å²) in [7, 11) is 0. The normalized spacial score (nSPS) is 11.2. The van der Waals surface area contributed by atoms with Gasteiger partial charge in [0.2, 0.25) is 0 Å². The summed E-state index contributed by atoms with van der Waals surface area (Å²) in [6.45, 7) is 4.08. The topological polar surface area (TPSA) is 70.7 Å². The lowest BCUT2D eigenvalue weighted by molar-refractivity contribution is 0.471. The van der Waals surface area contributed by atoms with Gasteiger partial charge in [-0.1, -0.05) is 25.1 Å². The van der Waals surface area contributed by atoms with Crippen LogP contribution in [0, 0.1) is 12.7 Å². The molecule has 6 heteroatoms. The fourth-order valence-electron chi connectivity index (χ4n) is 4.23. The monoisotopic (exact) mass is 439 g/mol. The minimum Gasteiger partial charge on any atom is -0.508 e. The van der Waals surface area contributed by atoms with Crippen molar-refractivity contribution < 1.29 is 14.6 Å². The highest BCUT2D eigenvalue weighted by molar-refractivity contribution is 5.77. The van der Waals surface area contributed by atoms with Crippen molar-refractivity contribution in [3.63, 3.8) is 0 Å². The molecular weight excluding hydrogens is 417 g/mol. The number of phenolic OH excluding ortho intramolecular Hbond substituents is 2. The zero-order valence-electron chi connectivity index (χ0n) is 18.2. The lowest BCUT2D eigenvalue weighted by Gasteiger charge is -2.13. The summed E-state index contributed by atoms with van der Waals surface area (Å²) >= 11 is 0. The second-order valence-corrected chi connectivity index (χ2v) is 7.97. The molecule has 2 heterocycles. The van der Waals surface area contributed by atoms with E-state index in [1.54, 1.807) is 18.2 Å². The summed E-state index contributed by atoms with van der Waals surface area (Å²) in [6, 6.07) is 20.6. The van der Waals surface area contributed by atoms with Crippen LogP contribution in [0.15, 0.2) is 72.8 Å². The molecule has 33 heavy (non-hydrogen) atoms. The molecule has 0 spiro atoms. The molecule has 0 aliphatic heterocycles. The largest absolute Gasteiger partial charge is 0.508 e. The first kappa shape index (κ1) is 20.7. The summed E-state index contributed by atoms with van der Waals surface area (Å²) in [4.78, 5) is 4.77. The minimum atomic E-state index is -0.484. The van der Waals surface area contributed by atoms with Crippen molar-refractivity contribution in [3.05, 3.63) is 89.9 Å². The average molecular weight is 439 g/mol. The number of aromatic nitrogens is 3. The number of halogens is 1. The van der Waals surface area contributed by atoms with Crippen LogP contribution >= 0.6 is 0 Å². The van der Waals surface area contributed by atoms with E-state index >= 15 is 0 Å². The highest BCUT2D eigenvalue weighted by Gasteiger charge is 2.17. The Morgan fingerprint density at radius 1 is 0.879 bits per heavy atom. The summed E-state index contributed by atoms with van der Waals surface area (Å²) < 4.78 is 15.3. The van der Waals surface area contributed by atoms with Crippen molar-refractivity contribution in [1.29, 1.82) is 0 Å². The fourth-order valence-corrected chi connectivity index (χ4v) is 4.23. The number of aromatic hydroxyl groups is 2. The van der Waals surface area contributed by atoms with E-state index < -0.39 is 5.82 Å². The van der Waals surface area contributed by atoms with Crippen molar-refractivity contribution in [3.8, 4) is 45.1 Å². The predicted octanol–water partition coefficient (Wildman–Crippen LogP) is 6.15. The van der Waals surface area contributed by atoms with Crippen LogP contribution in [0.1, 0.15) is 18.2 Å². The fraction of sp³-hybridized carbons (Fsp3) is 0.111. The SMILES string of the molecule is CCc1c(C)nc2cc(-c3cccc(-c4ccc(F)cc4O)c3)nn2c1-c1ccc(O)cc1. The van der Waals surface area contributed by atoms with Gasteiger partial charge >= 0.3 is 0 Å². The second kappa shape index (κ2) is 8.06. The van der Waals surface area contributed by atoms with Crippen LogP contribution in [0.25, 0.3) is 39.3 Å². The number of benzene rings is 3. The molecule has 0 saturated heterocycles. The van der Waals surface area contributed by atoms with Gasteiger partial charge in [0.25, 0.3) is 0 Å². The van der Waals surface area contributed by atoms with Crippen LogP contribution in [0.5, 0.6) is 11.5 Å². The van der Waals surface area contributed by atoms with Crippen LogP contribution < -0.4 is 0 Å². The molecule has 0 amide bonds. The Morgan fingerprint density at radius 3 is 2.36 bits per heavy atom. The Morgan fingerprint density at radius 2 is 1.64 bits per heavy atom. The van der Waals surface area contributed by atoms with E-state index in [0.717, 1.165) is 57.5 Å². The van der Waals surface area contributed by atoms with E-state index in [4.69, 9.17) is 10.1 Å². The van der Waals surface area contributed by atoms with Gasteiger partial charge in [0.15, 0.2) is 5.65 Å². The standard InChI is InChI=1S/C27H22FN3O2/c1-3-22-16(2)29-26-15-24(30-31(26)27(22)17-7-10-21(32)11-8-17)19-6-4-5-18(13-19)23-12-9-20(28)14-25(23)33/h4-15,32-33H,3H2,1-2H3. The minimum absolute atomic E-state index is 0.110. The predicted molar refractivity (Wildman–Crippen MR) is 127 cm³/mol. The molecule has 0 aliphatic rings. The Balaban J connectivity index is 1.68. The molecule has 164 valence electrons. The average Bonchev–Trinajstić information content (AvgIpc) is 3.22. The Bertz CT molecular complexity index is 1490. The number of phenols is 2. The van der Waals surface area contributed by atoms with Crippen molar-refractivity contribution in [2.75, 3.05) is 0 Å². The number of nitrogens with zero attached hydrogens (tertiary/aromatic N) is 3. The first-order chi connectivity index (χ1) is 15.9. The van der Waals surface area contributed by atoms with Gasteiger partial charge in [0, 0.05) is 34.5 Å². The summed E-state index contributed by atoms with van der Waals surface area (Å²) in [5, 5.41) is 24.8. The van der Waals surface area contributed by atoms with E-state index in [1.165, 1.54) is 6.07 Å². The number of fused-ring (bicyclic) bond motifs is 1. The lowest BCUT2D eigenvalue weighted by Crippen LogP contribution is -2.04.